The molecule has 0 radical (unpaired) electrons. The SMILES string of the molecule is COc1ccc(OC)c(NC(=S)N(CCc2c(C)[nH]c3ccc(F)cc23)Cc2cccnc2)c1. The van der Waals surface area contributed by atoms with E-state index in [0.29, 0.717) is 41.8 Å². The van der Waals surface area contributed by atoms with Crippen LogP contribution in [0.4, 0.5) is 10.1 Å². The van der Waals surface area contributed by atoms with E-state index in [0.717, 1.165) is 27.7 Å². The number of hydrogen-bond acceptors (Lipinski definition) is 4. The molecule has 8 heteroatoms. The van der Waals surface area contributed by atoms with Gasteiger partial charge in [-0.1, -0.05) is 6.07 Å². The monoisotopic (exact) mass is 478 g/mol. The van der Waals surface area contributed by atoms with E-state index in [1.807, 2.05) is 43.5 Å². The van der Waals surface area contributed by atoms with E-state index >= 15 is 0 Å². The van der Waals surface area contributed by atoms with Crippen molar-refractivity contribution in [1.29, 1.82) is 0 Å². The van der Waals surface area contributed by atoms with Gasteiger partial charge in [0.15, 0.2) is 5.11 Å². The third-order valence-corrected chi connectivity index (χ3v) is 6.11. The smallest absolute Gasteiger partial charge is 0.173 e. The van der Waals surface area contributed by atoms with Gasteiger partial charge in [-0.05, 0) is 73.1 Å². The fourth-order valence-electron chi connectivity index (χ4n) is 3.99. The van der Waals surface area contributed by atoms with E-state index in [4.69, 9.17) is 21.7 Å². The normalized spacial score (nSPS) is 10.8. The number of hydrogen-bond donors (Lipinski definition) is 2. The number of nitrogens with zero attached hydrogens (tertiary/aromatic N) is 2. The average Bonchev–Trinajstić information content (AvgIpc) is 3.16. The molecule has 0 saturated carbocycles. The molecule has 4 aromatic rings. The lowest BCUT2D eigenvalue weighted by Crippen LogP contribution is -2.36. The Kier molecular flexibility index (Phi) is 7.27. The van der Waals surface area contributed by atoms with Gasteiger partial charge < -0.3 is 24.7 Å². The largest absolute Gasteiger partial charge is 0.497 e. The van der Waals surface area contributed by atoms with Gasteiger partial charge in [0, 0.05) is 48.1 Å². The number of rotatable bonds is 8. The summed E-state index contributed by atoms with van der Waals surface area (Å²) in [4.78, 5) is 9.66. The van der Waals surface area contributed by atoms with Crippen molar-refractivity contribution in [1.82, 2.24) is 14.9 Å². The van der Waals surface area contributed by atoms with E-state index in [-0.39, 0.29) is 5.82 Å². The molecule has 0 bridgehead atoms. The lowest BCUT2D eigenvalue weighted by molar-refractivity contribution is 0.403. The molecule has 0 amide bonds. The predicted molar refractivity (Wildman–Crippen MR) is 137 cm³/mol. The van der Waals surface area contributed by atoms with Crippen molar-refractivity contribution in [3.63, 3.8) is 0 Å². The highest BCUT2D eigenvalue weighted by Crippen LogP contribution is 2.29. The number of aryl methyl sites for hydroxylation is 1. The minimum absolute atomic E-state index is 0.248. The standard InChI is InChI=1S/C26H27FN4O2S/c1-17-21(22-13-19(27)6-8-23(22)29-17)10-12-31(16-18-5-4-11-28-15-18)26(34)30-24-14-20(32-2)7-9-25(24)33-3/h4-9,11,13-15,29H,10,12,16H2,1-3H3,(H,30,34). The van der Waals surface area contributed by atoms with Crippen LogP contribution >= 0.6 is 12.2 Å². The number of fused-ring (bicyclic) bond motifs is 1. The number of methoxy groups -OCH3 is 2. The molecule has 2 aromatic heterocycles. The summed E-state index contributed by atoms with van der Waals surface area (Å²) in [6, 6.07) is 14.3. The number of halogens is 1. The Labute approximate surface area is 203 Å². The molecule has 176 valence electrons. The molecule has 0 atom stereocenters. The van der Waals surface area contributed by atoms with Crippen LogP contribution in [0.5, 0.6) is 11.5 Å². The van der Waals surface area contributed by atoms with Crippen molar-refractivity contribution >= 4 is 33.9 Å². The second-order valence-electron chi connectivity index (χ2n) is 7.95. The van der Waals surface area contributed by atoms with Crippen molar-refractivity contribution in [3.8, 4) is 11.5 Å². The van der Waals surface area contributed by atoms with Gasteiger partial charge in [-0.15, -0.1) is 0 Å². The van der Waals surface area contributed by atoms with Gasteiger partial charge in [0.25, 0.3) is 0 Å². The summed E-state index contributed by atoms with van der Waals surface area (Å²) in [5.41, 5.74) is 4.77. The highest BCUT2D eigenvalue weighted by molar-refractivity contribution is 7.80. The second-order valence-corrected chi connectivity index (χ2v) is 8.33. The Morgan fingerprint density at radius 2 is 2.00 bits per heavy atom. The maximum absolute atomic E-state index is 13.9. The summed E-state index contributed by atoms with van der Waals surface area (Å²) in [5.74, 6) is 1.11. The molecule has 0 fully saturated rings. The quantitative estimate of drug-likeness (QED) is 0.328. The maximum atomic E-state index is 13.9. The number of benzene rings is 2. The number of H-pyrrole nitrogens is 1. The summed E-state index contributed by atoms with van der Waals surface area (Å²) in [6.45, 7) is 3.20. The van der Waals surface area contributed by atoms with Crippen molar-refractivity contribution in [3.05, 3.63) is 83.6 Å². The molecule has 4 rings (SSSR count). The predicted octanol–water partition coefficient (Wildman–Crippen LogP) is 5.47. The highest BCUT2D eigenvalue weighted by Gasteiger charge is 2.16. The first kappa shape index (κ1) is 23.5. The third-order valence-electron chi connectivity index (χ3n) is 5.74. The highest BCUT2D eigenvalue weighted by atomic mass is 32.1. The van der Waals surface area contributed by atoms with Gasteiger partial charge in [-0.2, -0.15) is 0 Å². The number of ether oxygens (including phenoxy) is 2. The first-order valence-corrected chi connectivity index (χ1v) is 11.3. The number of aromatic nitrogens is 2. The Morgan fingerprint density at radius 1 is 1.15 bits per heavy atom. The summed E-state index contributed by atoms with van der Waals surface area (Å²) in [5, 5.41) is 4.75. The van der Waals surface area contributed by atoms with Crippen LogP contribution in [0.1, 0.15) is 16.8 Å². The van der Waals surface area contributed by atoms with Crippen LogP contribution in [0.3, 0.4) is 0 Å². The molecule has 0 unspecified atom stereocenters. The lowest BCUT2D eigenvalue weighted by atomic mass is 10.1. The van der Waals surface area contributed by atoms with Crippen molar-refractivity contribution in [2.24, 2.45) is 0 Å². The lowest BCUT2D eigenvalue weighted by Gasteiger charge is -2.27. The molecule has 0 aliphatic carbocycles. The maximum Gasteiger partial charge on any atom is 0.173 e. The molecule has 0 spiro atoms. The number of anilines is 1. The first-order valence-electron chi connectivity index (χ1n) is 10.9. The van der Waals surface area contributed by atoms with Gasteiger partial charge in [0.2, 0.25) is 0 Å². The Balaban J connectivity index is 1.59. The van der Waals surface area contributed by atoms with E-state index in [1.165, 1.54) is 6.07 Å². The van der Waals surface area contributed by atoms with Crippen LogP contribution in [0, 0.1) is 12.7 Å². The van der Waals surface area contributed by atoms with Gasteiger partial charge in [-0.25, -0.2) is 4.39 Å². The van der Waals surface area contributed by atoms with Crippen LogP contribution in [0.25, 0.3) is 10.9 Å². The Hall–Kier alpha value is -3.65. The molecule has 6 nitrogen and oxygen atoms in total. The molecule has 0 aliphatic heterocycles. The molecular weight excluding hydrogens is 451 g/mol. The number of nitrogens with one attached hydrogen (secondary N) is 2. The zero-order valence-corrected chi connectivity index (χ0v) is 20.2. The molecule has 2 heterocycles. The fourth-order valence-corrected chi connectivity index (χ4v) is 4.26. The average molecular weight is 479 g/mol. The van der Waals surface area contributed by atoms with Gasteiger partial charge in [-0.3, -0.25) is 4.98 Å². The number of thiocarbonyl (C=S) groups is 1. The van der Waals surface area contributed by atoms with Gasteiger partial charge in [0.05, 0.1) is 19.9 Å². The minimum Gasteiger partial charge on any atom is -0.497 e. The molecule has 34 heavy (non-hydrogen) atoms. The molecule has 0 aliphatic rings. The second kappa shape index (κ2) is 10.5. The minimum atomic E-state index is -0.248. The molecule has 2 N–H and O–H groups in total. The number of pyridine rings is 1. The zero-order valence-electron chi connectivity index (χ0n) is 19.4. The van der Waals surface area contributed by atoms with Gasteiger partial charge in [0.1, 0.15) is 17.3 Å². The van der Waals surface area contributed by atoms with Gasteiger partial charge >= 0.3 is 0 Å². The van der Waals surface area contributed by atoms with Crippen LogP contribution in [0.2, 0.25) is 0 Å². The number of aromatic amines is 1. The van der Waals surface area contributed by atoms with Crippen LogP contribution in [-0.4, -0.2) is 40.7 Å². The molecule has 2 aromatic carbocycles. The van der Waals surface area contributed by atoms with Crippen molar-refractivity contribution in [2.75, 3.05) is 26.1 Å². The summed E-state index contributed by atoms with van der Waals surface area (Å²) in [6.07, 6.45) is 4.26. The summed E-state index contributed by atoms with van der Waals surface area (Å²) in [7, 11) is 3.23. The summed E-state index contributed by atoms with van der Waals surface area (Å²) >= 11 is 5.82. The van der Waals surface area contributed by atoms with Crippen LogP contribution in [0.15, 0.2) is 60.9 Å². The van der Waals surface area contributed by atoms with E-state index < -0.39 is 0 Å². The first-order chi connectivity index (χ1) is 16.5. The summed E-state index contributed by atoms with van der Waals surface area (Å²) < 4.78 is 24.8. The zero-order chi connectivity index (χ0) is 24.1. The third kappa shape index (κ3) is 5.28. The Bertz CT molecular complexity index is 1290. The van der Waals surface area contributed by atoms with Crippen LogP contribution in [-0.2, 0) is 13.0 Å². The van der Waals surface area contributed by atoms with Crippen molar-refractivity contribution in [2.45, 2.75) is 19.9 Å². The molecular formula is C26H27FN4O2S. The van der Waals surface area contributed by atoms with Crippen molar-refractivity contribution < 1.29 is 13.9 Å². The fraction of sp³-hybridized carbons (Fsp3) is 0.231. The molecule has 0 saturated heterocycles. The topological polar surface area (TPSA) is 62.4 Å². The Morgan fingerprint density at radius 3 is 2.74 bits per heavy atom. The van der Waals surface area contributed by atoms with Crippen LogP contribution < -0.4 is 14.8 Å². The van der Waals surface area contributed by atoms with E-state index in [9.17, 15) is 4.39 Å². The van der Waals surface area contributed by atoms with E-state index in [2.05, 4.69) is 20.2 Å². The van der Waals surface area contributed by atoms with E-state index in [1.54, 1.807) is 32.5 Å².